The molecule has 1 saturated carbocycles. The second-order valence-electron chi connectivity index (χ2n) is 4.69. The first kappa shape index (κ1) is 11.3. The zero-order valence-corrected chi connectivity index (χ0v) is 9.87. The number of benzene rings is 1. The lowest BCUT2D eigenvalue weighted by Crippen LogP contribution is -2.07. The van der Waals surface area contributed by atoms with Gasteiger partial charge in [0.25, 0.3) is 0 Å². The predicted octanol–water partition coefficient (Wildman–Crippen LogP) is 3.71. The summed E-state index contributed by atoms with van der Waals surface area (Å²) in [5.74, 6) is 0.583. The third-order valence-corrected chi connectivity index (χ3v) is 3.68. The molecule has 1 aromatic rings. The van der Waals surface area contributed by atoms with Crippen LogP contribution in [0.2, 0.25) is 0 Å². The topological polar surface area (TPSA) is 40.5 Å². The number of aryl methyl sites for hydroxylation is 1. The number of rotatable bonds is 2. The van der Waals surface area contributed by atoms with Crippen molar-refractivity contribution in [1.29, 1.82) is 0 Å². The Kier molecular flexibility index (Phi) is 3.37. The average Bonchev–Trinajstić information content (AvgIpc) is 2.33. The minimum Gasteiger partial charge on any atom is -0.504 e. The summed E-state index contributed by atoms with van der Waals surface area (Å²) in [5.41, 5.74) is 2.18. The van der Waals surface area contributed by atoms with Gasteiger partial charge in [0.05, 0.1) is 0 Å². The molecule has 2 rings (SSSR count). The third kappa shape index (κ3) is 2.01. The van der Waals surface area contributed by atoms with Gasteiger partial charge in [0.15, 0.2) is 11.5 Å². The molecule has 88 valence electrons. The van der Waals surface area contributed by atoms with Crippen LogP contribution >= 0.6 is 0 Å². The zero-order chi connectivity index (χ0) is 11.5. The molecule has 0 saturated heterocycles. The molecule has 0 atom stereocenters. The number of phenolic OH excluding ortho intramolecular Hbond substituents is 2. The van der Waals surface area contributed by atoms with E-state index in [-0.39, 0.29) is 11.5 Å². The third-order valence-electron chi connectivity index (χ3n) is 3.68. The van der Waals surface area contributed by atoms with E-state index in [2.05, 4.69) is 6.92 Å². The summed E-state index contributed by atoms with van der Waals surface area (Å²) in [7, 11) is 0. The van der Waals surface area contributed by atoms with Crippen molar-refractivity contribution in [2.24, 2.45) is 0 Å². The van der Waals surface area contributed by atoms with Gasteiger partial charge in [-0.25, -0.2) is 0 Å². The van der Waals surface area contributed by atoms with Gasteiger partial charge in [-0.3, -0.25) is 0 Å². The first-order chi connectivity index (χ1) is 7.74. The maximum absolute atomic E-state index is 10.0. The molecule has 0 unspecified atom stereocenters. The maximum atomic E-state index is 10.0. The van der Waals surface area contributed by atoms with Crippen LogP contribution in [0, 0.1) is 0 Å². The molecular weight excluding hydrogens is 200 g/mol. The molecule has 16 heavy (non-hydrogen) atoms. The highest BCUT2D eigenvalue weighted by Gasteiger charge is 2.22. The summed E-state index contributed by atoms with van der Waals surface area (Å²) >= 11 is 0. The van der Waals surface area contributed by atoms with E-state index in [9.17, 15) is 10.2 Å². The van der Waals surface area contributed by atoms with E-state index in [4.69, 9.17) is 0 Å². The number of hydrogen-bond donors (Lipinski definition) is 2. The minimum atomic E-state index is 0.0257. The van der Waals surface area contributed by atoms with Gasteiger partial charge >= 0.3 is 0 Å². The zero-order valence-electron chi connectivity index (χ0n) is 9.87. The number of aromatic hydroxyl groups is 2. The van der Waals surface area contributed by atoms with Crippen LogP contribution in [0.4, 0.5) is 0 Å². The second kappa shape index (κ2) is 4.77. The number of phenols is 2. The van der Waals surface area contributed by atoms with Gasteiger partial charge in [-0.15, -0.1) is 0 Å². The maximum Gasteiger partial charge on any atom is 0.161 e. The van der Waals surface area contributed by atoms with Crippen molar-refractivity contribution >= 4 is 0 Å². The van der Waals surface area contributed by atoms with E-state index in [1.165, 1.54) is 24.8 Å². The van der Waals surface area contributed by atoms with Crippen molar-refractivity contribution in [2.45, 2.75) is 51.4 Å². The molecule has 0 bridgehead atoms. The Bertz CT molecular complexity index is 365. The molecule has 0 radical (unpaired) electrons. The van der Waals surface area contributed by atoms with Crippen molar-refractivity contribution in [1.82, 2.24) is 0 Å². The predicted molar refractivity (Wildman–Crippen MR) is 65.0 cm³/mol. The van der Waals surface area contributed by atoms with Gasteiger partial charge < -0.3 is 10.2 Å². The standard InChI is InChI=1S/C14H20O2/c1-2-10-8-9-12(15)14(16)13(10)11-6-4-3-5-7-11/h8-9,11,15-16H,2-7H2,1H3. The molecular formula is C14H20O2. The van der Waals surface area contributed by atoms with Gasteiger partial charge in [0.1, 0.15) is 0 Å². The summed E-state index contributed by atoms with van der Waals surface area (Å²) in [6.07, 6.45) is 6.98. The SMILES string of the molecule is CCc1ccc(O)c(O)c1C1CCCCC1. The first-order valence-corrected chi connectivity index (χ1v) is 6.27. The molecule has 1 aliphatic rings. The fourth-order valence-electron chi connectivity index (χ4n) is 2.79. The molecule has 2 N–H and O–H groups in total. The Morgan fingerprint density at radius 2 is 1.81 bits per heavy atom. The van der Waals surface area contributed by atoms with Gasteiger partial charge in [0.2, 0.25) is 0 Å². The Labute approximate surface area is 96.9 Å². The van der Waals surface area contributed by atoms with Crippen LogP contribution in [0.1, 0.15) is 56.1 Å². The minimum absolute atomic E-state index is 0.0257. The van der Waals surface area contributed by atoms with Crippen LogP contribution < -0.4 is 0 Å². The van der Waals surface area contributed by atoms with Gasteiger partial charge in [0, 0.05) is 5.56 Å². The van der Waals surface area contributed by atoms with E-state index >= 15 is 0 Å². The van der Waals surface area contributed by atoms with Gasteiger partial charge in [-0.1, -0.05) is 32.3 Å². The lowest BCUT2D eigenvalue weighted by atomic mass is 9.81. The second-order valence-corrected chi connectivity index (χ2v) is 4.69. The van der Waals surface area contributed by atoms with Crippen molar-refractivity contribution in [3.8, 4) is 11.5 Å². The Hall–Kier alpha value is -1.18. The fraction of sp³-hybridized carbons (Fsp3) is 0.571. The summed E-state index contributed by atoms with van der Waals surface area (Å²) < 4.78 is 0. The monoisotopic (exact) mass is 220 g/mol. The van der Waals surface area contributed by atoms with Crippen molar-refractivity contribution in [3.63, 3.8) is 0 Å². The molecule has 0 amide bonds. The normalized spacial score (nSPS) is 17.6. The summed E-state index contributed by atoms with van der Waals surface area (Å²) in [4.78, 5) is 0. The van der Waals surface area contributed by atoms with Crippen molar-refractivity contribution in [3.05, 3.63) is 23.3 Å². The smallest absolute Gasteiger partial charge is 0.161 e. The van der Waals surface area contributed by atoms with Gasteiger partial charge in [-0.05, 0) is 36.8 Å². The molecule has 2 heteroatoms. The van der Waals surface area contributed by atoms with Crippen LogP contribution in [-0.2, 0) is 6.42 Å². The Morgan fingerprint density at radius 3 is 2.44 bits per heavy atom. The molecule has 1 fully saturated rings. The highest BCUT2D eigenvalue weighted by atomic mass is 16.3. The van der Waals surface area contributed by atoms with Crippen molar-refractivity contribution in [2.75, 3.05) is 0 Å². The largest absolute Gasteiger partial charge is 0.504 e. The van der Waals surface area contributed by atoms with E-state index in [0.29, 0.717) is 5.92 Å². The molecule has 2 nitrogen and oxygen atoms in total. The molecule has 0 aromatic heterocycles. The van der Waals surface area contributed by atoms with Crippen LogP contribution in [0.5, 0.6) is 11.5 Å². The molecule has 0 aliphatic heterocycles. The van der Waals surface area contributed by atoms with E-state index < -0.39 is 0 Å². The first-order valence-electron chi connectivity index (χ1n) is 6.27. The summed E-state index contributed by atoms with van der Waals surface area (Å²) in [6, 6.07) is 3.54. The quantitative estimate of drug-likeness (QED) is 0.746. The van der Waals surface area contributed by atoms with E-state index in [1.54, 1.807) is 6.07 Å². The Balaban J connectivity index is 2.39. The number of hydrogen-bond acceptors (Lipinski definition) is 2. The van der Waals surface area contributed by atoms with E-state index in [1.807, 2.05) is 6.07 Å². The van der Waals surface area contributed by atoms with Crippen LogP contribution in [0.15, 0.2) is 12.1 Å². The molecule has 0 spiro atoms. The van der Waals surface area contributed by atoms with E-state index in [0.717, 1.165) is 24.8 Å². The van der Waals surface area contributed by atoms with Crippen LogP contribution in [-0.4, -0.2) is 10.2 Å². The Morgan fingerprint density at radius 1 is 1.12 bits per heavy atom. The van der Waals surface area contributed by atoms with Gasteiger partial charge in [-0.2, -0.15) is 0 Å². The van der Waals surface area contributed by atoms with Crippen LogP contribution in [0.25, 0.3) is 0 Å². The lowest BCUT2D eigenvalue weighted by molar-refractivity contribution is 0.379. The average molecular weight is 220 g/mol. The summed E-state index contributed by atoms with van der Waals surface area (Å²) in [6.45, 7) is 2.10. The fourth-order valence-corrected chi connectivity index (χ4v) is 2.79. The highest BCUT2D eigenvalue weighted by Crippen LogP contribution is 2.42. The molecule has 1 aliphatic carbocycles. The highest BCUT2D eigenvalue weighted by molar-refractivity contribution is 5.50. The summed E-state index contributed by atoms with van der Waals surface area (Å²) in [5, 5.41) is 19.6. The molecule has 0 heterocycles. The van der Waals surface area contributed by atoms with Crippen molar-refractivity contribution < 1.29 is 10.2 Å². The van der Waals surface area contributed by atoms with Crippen LogP contribution in [0.3, 0.4) is 0 Å². The molecule has 1 aromatic carbocycles. The lowest BCUT2D eigenvalue weighted by Gasteiger charge is -2.25.